The number of nitrogens with two attached hydrogens (primary N) is 1. The maximum Gasteiger partial charge on any atom is 0.263 e. The van der Waals surface area contributed by atoms with Gasteiger partial charge in [-0.15, -0.1) is 11.3 Å². The van der Waals surface area contributed by atoms with E-state index in [1.165, 1.54) is 16.9 Å². The van der Waals surface area contributed by atoms with Gasteiger partial charge in [0.1, 0.15) is 9.71 Å². The van der Waals surface area contributed by atoms with Crippen LogP contribution in [-0.4, -0.2) is 30.1 Å². The zero-order valence-electron chi connectivity index (χ0n) is 14.6. The van der Waals surface area contributed by atoms with Gasteiger partial charge < -0.3 is 15.8 Å². The summed E-state index contributed by atoms with van der Waals surface area (Å²) in [7, 11) is 0. The molecule has 134 valence electrons. The van der Waals surface area contributed by atoms with Crippen molar-refractivity contribution in [2.45, 2.75) is 25.9 Å². The zero-order valence-corrected chi connectivity index (χ0v) is 15.4. The number of hydrogen-bond acceptors (Lipinski definition) is 5. The van der Waals surface area contributed by atoms with Crippen LogP contribution in [0.3, 0.4) is 0 Å². The number of hydrogen-bond donors (Lipinski definition) is 2. The Morgan fingerprint density at radius 3 is 2.85 bits per heavy atom. The molecule has 3 aromatic rings. The molecule has 26 heavy (non-hydrogen) atoms. The molecule has 3 N–H and O–H groups in total. The number of nitrogens with one attached hydrogen (secondary N) is 1. The number of benzene rings is 1. The van der Waals surface area contributed by atoms with Crippen molar-refractivity contribution in [2.24, 2.45) is 0 Å². The lowest BCUT2D eigenvalue weighted by Crippen LogP contribution is -2.31. The highest BCUT2D eigenvalue weighted by Crippen LogP contribution is 2.34. The first-order valence-electron chi connectivity index (χ1n) is 8.77. The number of nitrogen functional groups attached to an aromatic ring is 1. The van der Waals surface area contributed by atoms with E-state index in [0.717, 1.165) is 40.9 Å². The van der Waals surface area contributed by atoms with Crippen LogP contribution in [0.4, 0.5) is 5.69 Å². The normalized spacial score (nSPS) is 16.9. The van der Waals surface area contributed by atoms with Crippen LogP contribution in [0.15, 0.2) is 36.4 Å². The van der Waals surface area contributed by atoms with Crippen molar-refractivity contribution < 1.29 is 9.53 Å². The number of aryl methyl sites for hydroxylation is 1. The summed E-state index contributed by atoms with van der Waals surface area (Å²) >= 11 is 1.34. The fourth-order valence-electron chi connectivity index (χ4n) is 3.14. The molecule has 0 spiro atoms. The molecule has 1 aliphatic rings. The van der Waals surface area contributed by atoms with Gasteiger partial charge in [0.05, 0.1) is 17.5 Å². The van der Waals surface area contributed by atoms with Crippen molar-refractivity contribution in [1.82, 2.24) is 10.3 Å². The van der Waals surface area contributed by atoms with Crippen LogP contribution in [-0.2, 0) is 4.74 Å². The minimum atomic E-state index is -0.155. The van der Waals surface area contributed by atoms with Crippen LogP contribution in [0.2, 0.25) is 0 Å². The van der Waals surface area contributed by atoms with E-state index in [4.69, 9.17) is 15.5 Å². The number of carbonyl (C=O) groups excluding carboxylic acids is 1. The third-order valence-electron chi connectivity index (χ3n) is 4.66. The van der Waals surface area contributed by atoms with E-state index >= 15 is 0 Å². The molecule has 0 saturated carbocycles. The average molecular weight is 367 g/mol. The minimum Gasteiger partial charge on any atom is -0.397 e. The summed E-state index contributed by atoms with van der Waals surface area (Å²) < 4.78 is 5.55. The second-order valence-electron chi connectivity index (χ2n) is 6.61. The Morgan fingerprint density at radius 2 is 2.12 bits per heavy atom. The number of amides is 1. The molecule has 1 aromatic carbocycles. The van der Waals surface area contributed by atoms with Gasteiger partial charge in [0, 0.05) is 24.1 Å². The fourth-order valence-corrected chi connectivity index (χ4v) is 4.15. The van der Waals surface area contributed by atoms with Crippen LogP contribution in [0, 0.1) is 6.92 Å². The molecular weight excluding hydrogens is 346 g/mol. The predicted octanol–water partition coefficient (Wildman–Crippen LogP) is 3.76. The Bertz CT molecular complexity index is 944. The first-order valence-corrected chi connectivity index (χ1v) is 9.59. The van der Waals surface area contributed by atoms with Gasteiger partial charge in [-0.05, 0) is 31.9 Å². The quantitative estimate of drug-likeness (QED) is 0.736. The van der Waals surface area contributed by atoms with Gasteiger partial charge in [-0.1, -0.05) is 29.8 Å². The summed E-state index contributed by atoms with van der Waals surface area (Å²) in [5, 5.41) is 3.76. The molecule has 1 saturated heterocycles. The summed E-state index contributed by atoms with van der Waals surface area (Å²) in [6.07, 6.45) is 2.15. The van der Waals surface area contributed by atoms with Gasteiger partial charge >= 0.3 is 0 Å². The molecule has 4 rings (SSSR count). The number of ether oxygens (including phenoxy) is 1. The molecule has 0 bridgehead atoms. The molecule has 2 aromatic heterocycles. The van der Waals surface area contributed by atoms with Gasteiger partial charge in [-0.2, -0.15) is 0 Å². The molecule has 5 nitrogen and oxygen atoms in total. The van der Waals surface area contributed by atoms with Crippen molar-refractivity contribution in [1.29, 1.82) is 0 Å². The lowest BCUT2D eigenvalue weighted by atomic mass is 10.1. The Balaban J connectivity index is 1.59. The molecule has 3 heterocycles. The summed E-state index contributed by atoms with van der Waals surface area (Å²) in [5.41, 5.74) is 9.85. The van der Waals surface area contributed by atoms with Gasteiger partial charge in [0.2, 0.25) is 0 Å². The van der Waals surface area contributed by atoms with E-state index in [1.54, 1.807) is 0 Å². The van der Waals surface area contributed by atoms with Crippen LogP contribution >= 0.6 is 11.3 Å². The molecule has 0 radical (unpaired) electrons. The van der Waals surface area contributed by atoms with E-state index in [1.807, 2.05) is 12.1 Å². The van der Waals surface area contributed by atoms with E-state index in [0.29, 0.717) is 17.1 Å². The van der Waals surface area contributed by atoms with Crippen LogP contribution < -0.4 is 11.1 Å². The smallest absolute Gasteiger partial charge is 0.263 e. The van der Waals surface area contributed by atoms with E-state index in [2.05, 4.69) is 36.5 Å². The monoisotopic (exact) mass is 367 g/mol. The number of pyridine rings is 1. The van der Waals surface area contributed by atoms with Crippen molar-refractivity contribution in [3.05, 3.63) is 46.8 Å². The third-order valence-corrected chi connectivity index (χ3v) is 5.78. The van der Waals surface area contributed by atoms with Crippen LogP contribution in [0.1, 0.15) is 28.1 Å². The SMILES string of the molecule is Cc1ccc(-c2ccc3c(N)c(C(=O)NCC4CCCO4)sc3n2)cc1. The Labute approximate surface area is 156 Å². The Morgan fingerprint density at radius 1 is 1.31 bits per heavy atom. The number of carbonyl (C=O) groups is 1. The molecule has 6 heteroatoms. The van der Waals surface area contributed by atoms with E-state index in [-0.39, 0.29) is 12.0 Å². The summed E-state index contributed by atoms with van der Waals surface area (Å²) in [5.74, 6) is -0.155. The molecule has 1 amide bonds. The molecule has 0 aliphatic carbocycles. The highest BCUT2D eigenvalue weighted by molar-refractivity contribution is 7.21. The molecule has 1 aliphatic heterocycles. The standard InChI is InChI=1S/C20H21N3O2S/c1-12-4-6-13(7-5-12)16-9-8-15-17(21)18(26-20(15)23-16)19(24)22-11-14-3-2-10-25-14/h4-9,14H,2-3,10-11,21H2,1H3,(H,22,24). The number of nitrogens with zero attached hydrogens (tertiary/aromatic N) is 1. The highest BCUT2D eigenvalue weighted by atomic mass is 32.1. The molecule has 1 unspecified atom stereocenters. The lowest BCUT2D eigenvalue weighted by molar-refractivity contribution is 0.0862. The predicted molar refractivity (Wildman–Crippen MR) is 106 cm³/mol. The van der Waals surface area contributed by atoms with Gasteiger partial charge in [0.15, 0.2) is 0 Å². The molecule has 1 atom stereocenters. The van der Waals surface area contributed by atoms with Gasteiger partial charge in [-0.3, -0.25) is 4.79 Å². The first-order chi connectivity index (χ1) is 12.6. The molecule has 1 fully saturated rings. The zero-order chi connectivity index (χ0) is 18.1. The maximum atomic E-state index is 12.5. The summed E-state index contributed by atoms with van der Waals surface area (Å²) in [6.45, 7) is 3.35. The second-order valence-corrected chi connectivity index (χ2v) is 7.60. The van der Waals surface area contributed by atoms with Crippen molar-refractivity contribution in [3.63, 3.8) is 0 Å². The van der Waals surface area contributed by atoms with E-state index < -0.39 is 0 Å². The van der Waals surface area contributed by atoms with Gasteiger partial charge in [-0.25, -0.2) is 4.98 Å². The Kier molecular flexibility index (Phi) is 4.61. The number of thiophene rings is 1. The van der Waals surface area contributed by atoms with Crippen molar-refractivity contribution in [2.75, 3.05) is 18.9 Å². The topological polar surface area (TPSA) is 77.2 Å². The summed E-state index contributed by atoms with van der Waals surface area (Å²) in [4.78, 5) is 18.5. The van der Waals surface area contributed by atoms with Crippen molar-refractivity contribution >= 4 is 33.1 Å². The van der Waals surface area contributed by atoms with Crippen molar-refractivity contribution in [3.8, 4) is 11.3 Å². The van der Waals surface area contributed by atoms with Crippen LogP contribution in [0.5, 0.6) is 0 Å². The minimum absolute atomic E-state index is 0.112. The number of aromatic nitrogens is 1. The number of anilines is 1. The lowest BCUT2D eigenvalue weighted by Gasteiger charge is -2.10. The maximum absolute atomic E-state index is 12.5. The number of fused-ring (bicyclic) bond motifs is 1. The average Bonchev–Trinajstić information content (AvgIpc) is 3.28. The molecular formula is C20H21N3O2S. The number of rotatable bonds is 4. The van der Waals surface area contributed by atoms with Gasteiger partial charge in [0.25, 0.3) is 5.91 Å². The second kappa shape index (κ2) is 7.05. The Hall–Kier alpha value is -2.44. The largest absolute Gasteiger partial charge is 0.397 e. The fraction of sp³-hybridized carbons (Fsp3) is 0.300. The van der Waals surface area contributed by atoms with E-state index in [9.17, 15) is 4.79 Å². The third kappa shape index (κ3) is 3.30. The first kappa shape index (κ1) is 17.0. The van der Waals surface area contributed by atoms with Crippen LogP contribution in [0.25, 0.3) is 21.5 Å². The summed E-state index contributed by atoms with van der Waals surface area (Å²) in [6, 6.07) is 12.1. The highest BCUT2D eigenvalue weighted by Gasteiger charge is 2.20.